The molecule has 1 unspecified atom stereocenters. The van der Waals surface area contributed by atoms with E-state index in [0.717, 1.165) is 6.42 Å². The first kappa shape index (κ1) is 9.99. The van der Waals surface area contributed by atoms with E-state index in [1.165, 1.54) is 11.1 Å². The summed E-state index contributed by atoms with van der Waals surface area (Å²) in [6.07, 6.45) is 4.49. The van der Waals surface area contributed by atoms with Gasteiger partial charge in [-0.05, 0) is 25.1 Å². The normalized spacial score (nSPS) is 12.6. The van der Waals surface area contributed by atoms with Crippen LogP contribution in [0.2, 0.25) is 0 Å². The van der Waals surface area contributed by atoms with Crippen molar-refractivity contribution in [3.8, 4) is 0 Å². The maximum absolute atomic E-state index is 5.09. The van der Waals surface area contributed by atoms with Crippen LogP contribution in [0, 0.1) is 0 Å². The zero-order valence-electron chi connectivity index (χ0n) is 8.81. The first-order valence-electron chi connectivity index (χ1n) is 5.13. The Balaban J connectivity index is 2.10. The van der Waals surface area contributed by atoms with Gasteiger partial charge in [-0.1, -0.05) is 30.3 Å². The highest BCUT2D eigenvalue weighted by Crippen LogP contribution is 2.18. The monoisotopic (exact) mass is 201 g/mol. The molecule has 1 aromatic carbocycles. The van der Waals surface area contributed by atoms with Crippen molar-refractivity contribution in [3.05, 3.63) is 60.1 Å². The van der Waals surface area contributed by atoms with Gasteiger partial charge in [0, 0.05) is 11.6 Å². The van der Waals surface area contributed by atoms with Gasteiger partial charge in [0.15, 0.2) is 0 Å². The van der Waals surface area contributed by atoms with Crippen LogP contribution in [0.5, 0.6) is 0 Å². The van der Waals surface area contributed by atoms with Crippen molar-refractivity contribution in [2.45, 2.75) is 12.5 Å². The average molecular weight is 201 g/mol. The Kier molecular flexibility index (Phi) is 3.20. The van der Waals surface area contributed by atoms with Crippen LogP contribution in [0.15, 0.2) is 53.3 Å². The van der Waals surface area contributed by atoms with Gasteiger partial charge in [0.25, 0.3) is 0 Å². The molecule has 0 bridgehead atoms. The highest BCUT2D eigenvalue weighted by atomic mass is 16.3. The standard InChI is InChI=1S/C13H15NO/c1-14-13(12-7-8-15-10-12)9-11-5-3-2-4-6-11/h2-8,10,13-14H,9H2,1H3. The number of hydrogen-bond acceptors (Lipinski definition) is 2. The van der Waals surface area contributed by atoms with Gasteiger partial charge >= 0.3 is 0 Å². The lowest BCUT2D eigenvalue weighted by Crippen LogP contribution is -2.18. The summed E-state index contributed by atoms with van der Waals surface area (Å²) in [7, 11) is 1.97. The van der Waals surface area contributed by atoms with Gasteiger partial charge < -0.3 is 9.73 Å². The maximum atomic E-state index is 5.09. The highest BCUT2D eigenvalue weighted by molar-refractivity contribution is 5.20. The first-order valence-corrected chi connectivity index (χ1v) is 5.13. The minimum Gasteiger partial charge on any atom is -0.472 e. The number of hydrogen-bond donors (Lipinski definition) is 1. The zero-order valence-corrected chi connectivity index (χ0v) is 8.81. The van der Waals surface area contributed by atoms with Crippen molar-refractivity contribution < 1.29 is 4.42 Å². The predicted molar refractivity (Wildman–Crippen MR) is 60.7 cm³/mol. The molecular weight excluding hydrogens is 186 g/mol. The second-order valence-electron chi connectivity index (χ2n) is 3.59. The number of benzene rings is 1. The lowest BCUT2D eigenvalue weighted by atomic mass is 10.0. The van der Waals surface area contributed by atoms with Crippen molar-refractivity contribution in [2.75, 3.05) is 7.05 Å². The van der Waals surface area contributed by atoms with E-state index in [2.05, 4.69) is 29.6 Å². The van der Waals surface area contributed by atoms with Crippen LogP contribution in [0.3, 0.4) is 0 Å². The molecule has 78 valence electrons. The molecule has 1 aromatic heterocycles. The molecule has 2 aromatic rings. The van der Waals surface area contributed by atoms with E-state index in [0.29, 0.717) is 6.04 Å². The molecule has 0 spiro atoms. The van der Waals surface area contributed by atoms with Crippen molar-refractivity contribution in [1.29, 1.82) is 0 Å². The molecule has 0 amide bonds. The van der Waals surface area contributed by atoms with Crippen LogP contribution in [0.1, 0.15) is 17.2 Å². The summed E-state index contributed by atoms with van der Waals surface area (Å²) in [5, 5.41) is 3.29. The molecule has 15 heavy (non-hydrogen) atoms. The van der Waals surface area contributed by atoms with Gasteiger partial charge in [-0.15, -0.1) is 0 Å². The number of likely N-dealkylation sites (N-methyl/N-ethyl adjacent to an activating group) is 1. The van der Waals surface area contributed by atoms with Crippen LogP contribution < -0.4 is 5.32 Å². The lowest BCUT2D eigenvalue weighted by Gasteiger charge is -2.14. The van der Waals surface area contributed by atoms with Crippen molar-refractivity contribution in [2.24, 2.45) is 0 Å². The van der Waals surface area contributed by atoms with E-state index in [9.17, 15) is 0 Å². The van der Waals surface area contributed by atoms with Crippen molar-refractivity contribution >= 4 is 0 Å². The Morgan fingerprint density at radius 3 is 2.60 bits per heavy atom. The van der Waals surface area contributed by atoms with Gasteiger partial charge in [0.1, 0.15) is 0 Å². The Morgan fingerprint density at radius 1 is 1.20 bits per heavy atom. The third-order valence-corrected chi connectivity index (χ3v) is 2.58. The van der Waals surface area contributed by atoms with Gasteiger partial charge in [0.2, 0.25) is 0 Å². The third kappa shape index (κ3) is 2.48. The average Bonchev–Trinajstić information content (AvgIpc) is 2.81. The number of rotatable bonds is 4. The molecule has 0 fully saturated rings. The second-order valence-corrected chi connectivity index (χ2v) is 3.59. The fourth-order valence-corrected chi connectivity index (χ4v) is 1.71. The first-order chi connectivity index (χ1) is 7.40. The summed E-state index contributed by atoms with van der Waals surface area (Å²) < 4.78 is 5.09. The molecule has 1 heterocycles. The van der Waals surface area contributed by atoms with E-state index >= 15 is 0 Å². The molecule has 0 aliphatic carbocycles. The fraction of sp³-hybridized carbons (Fsp3) is 0.231. The Hall–Kier alpha value is -1.54. The molecule has 2 nitrogen and oxygen atoms in total. The van der Waals surface area contributed by atoms with Gasteiger partial charge in [-0.2, -0.15) is 0 Å². The molecule has 0 radical (unpaired) electrons. The quantitative estimate of drug-likeness (QED) is 0.822. The predicted octanol–water partition coefficient (Wildman–Crippen LogP) is 2.78. The van der Waals surface area contributed by atoms with Crippen molar-refractivity contribution in [1.82, 2.24) is 5.32 Å². The summed E-state index contributed by atoms with van der Waals surface area (Å²) >= 11 is 0. The van der Waals surface area contributed by atoms with Crippen LogP contribution in [-0.2, 0) is 6.42 Å². The zero-order chi connectivity index (χ0) is 10.5. The van der Waals surface area contributed by atoms with Gasteiger partial charge in [-0.3, -0.25) is 0 Å². The summed E-state index contributed by atoms with van der Waals surface area (Å²) in [5.41, 5.74) is 2.53. The van der Waals surface area contributed by atoms with Crippen LogP contribution in [0.4, 0.5) is 0 Å². The molecule has 0 saturated carbocycles. The summed E-state index contributed by atoms with van der Waals surface area (Å²) in [6.45, 7) is 0. The Labute approximate surface area is 89.9 Å². The van der Waals surface area contributed by atoms with Gasteiger partial charge in [0.05, 0.1) is 12.5 Å². The molecule has 1 N–H and O–H groups in total. The Bertz CT molecular complexity index is 380. The maximum Gasteiger partial charge on any atom is 0.0950 e. The van der Waals surface area contributed by atoms with E-state index in [1.807, 2.05) is 19.2 Å². The SMILES string of the molecule is CNC(Cc1ccccc1)c1ccoc1. The van der Waals surface area contributed by atoms with Gasteiger partial charge in [-0.25, -0.2) is 0 Å². The summed E-state index contributed by atoms with van der Waals surface area (Å²) in [6, 6.07) is 12.8. The molecular formula is C13H15NO. The van der Waals surface area contributed by atoms with Crippen molar-refractivity contribution in [3.63, 3.8) is 0 Å². The molecule has 0 saturated heterocycles. The molecule has 1 atom stereocenters. The highest BCUT2D eigenvalue weighted by Gasteiger charge is 2.10. The van der Waals surface area contributed by atoms with E-state index < -0.39 is 0 Å². The van der Waals surface area contributed by atoms with Crippen LogP contribution >= 0.6 is 0 Å². The molecule has 2 rings (SSSR count). The van der Waals surface area contributed by atoms with E-state index in [4.69, 9.17) is 4.42 Å². The Morgan fingerprint density at radius 2 is 2.00 bits per heavy atom. The van der Waals surface area contributed by atoms with Crippen LogP contribution in [-0.4, -0.2) is 7.05 Å². The van der Waals surface area contributed by atoms with Crippen LogP contribution in [0.25, 0.3) is 0 Å². The summed E-state index contributed by atoms with van der Waals surface area (Å²) in [4.78, 5) is 0. The minimum atomic E-state index is 0.325. The molecule has 2 heteroatoms. The molecule has 0 aliphatic rings. The fourth-order valence-electron chi connectivity index (χ4n) is 1.71. The third-order valence-electron chi connectivity index (χ3n) is 2.58. The topological polar surface area (TPSA) is 25.2 Å². The largest absolute Gasteiger partial charge is 0.472 e. The summed E-state index contributed by atoms with van der Waals surface area (Å²) in [5.74, 6) is 0. The number of furan rings is 1. The van der Waals surface area contributed by atoms with E-state index in [1.54, 1.807) is 12.5 Å². The molecule has 0 aliphatic heterocycles. The smallest absolute Gasteiger partial charge is 0.0950 e. The second kappa shape index (κ2) is 4.80. The van der Waals surface area contributed by atoms with E-state index in [-0.39, 0.29) is 0 Å². The lowest BCUT2D eigenvalue weighted by molar-refractivity contribution is 0.542. The minimum absolute atomic E-state index is 0.325. The number of nitrogens with one attached hydrogen (secondary N) is 1.